The van der Waals surface area contributed by atoms with Gasteiger partial charge in [-0.25, -0.2) is 43.9 Å². The zero-order chi connectivity index (χ0) is 19.8. The average molecular weight is 390 g/mol. The molecule has 0 saturated carbocycles. The predicted molar refractivity (Wildman–Crippen MR) is 64.7 cm³/mol. The zero-order valence-corrected chi connectivity index (χ0v) is 12.1. The van der Waals surface area contributed by atoms with Crippen molar-refractivity contribution in [2.45, 2.75) is 13.1 Å². The van der Waals surface area contributed by atoms with Gasteiger partial charge in [0.15, 0.2) is 46.5 Å². The average Bonchev–Trinajstić information content (AvgIpc) is 2.63. The topological polar surface area (TPSA) is 24.7 Å². The van der Waals surface area contributed by atoms with Crippen molar-refractivity contribution in [1.29, 1.82) is 0 Å². The molecule has 26 heavy (non-hydrogen) atoms. The van der Waals surface area contributed by atoms with E-state index in [1.54, 1.807) is 0 Å². The molecule has 0 unspecified atom stereocenters. The first-order valence-electron chi connectivity index (χ1n) is 6.43. The highest BCUT2D eigenvalue weighted by atomic mass is 19.2. The molecular formula is C14H4F10N2. The lowest BCUT2D eigenvalue weighted by Crippen LogP contribution is -2.07. The van der Waals surface area contributed by atoms with Crippen LogP contribution in [0.5, 0.6) is 0 Å². The second-order valence-corrected chi connectivity index (χ2v) is 4.70. The second-order valence-electron chi connectivity index (χ2n) is 4.70. The zero-order valence-electron chi connectivity index (χ0n) is 12.1. The third-order valence-electron chi connectivity index (χ3n) is 3.16. The van der Waals surface area contributed by atoms with Crippen LogP contribution in [0.3, 0.4) is 0 Å². The Kier molecular flexibility index (Phi) is 5.52. The van der Waals surface area contributed by atoms with Crippen LogP contribution in [-0.2, 0) is 13.1 Å². The molecule has 12 heteroatoms. The molecule has 0 aliphatic heterocycles. The van der Waals surface area contributed by atoms with E-state index in [-0.39, 0.29) is 0 Å². The highest BCUT2D eigenvalue weighted by Gasteiger charge is 2.26. The first-order chi connectivity index (χ1) is 12.1. The number of hydrogen-bond acceptors (Lipinski definition) is 2. The van der Waals surface area contributed by atoms with Crippen LogP contribution in [0.15, 0.2) is 10.2 Å². The molecule has 0 bridgehead atoms. The van der Waals surface area contributed by atoms with E-state index in [0.29, 0.717) is 0 Å². The van der Waals surface area contributed by atoms with Gasteiger partial charge in [-0.3, -0.25) is 0 Å². The van der Waals surface area contributed by atoms with E-state index in [0.717, 1.165) is 0 Å². The lowest BCUT2D eigenvalue weighted by atomic mass is 10.1. The van der Waals surface area contributed by atoms with Crippen LogP contribution in [0, 0.1) is 58.2 Å². The van der Waals surface area contributed by atoms with Gasteiger partial charge in [-0.05, 0) is 0 Å². The van der Waals surface area contributed by atoms with Crippen LogP contribution in [-0.4, -0.2) is 0 Å². The molecule has 0 aliphatic carbocycles. The molecule has 0 amide bonds. The van der Waals surface area contributed by atoms with Gasteiger partial charge in [0.05, 0.1) is 24.2 Å². The lowest BCUT2D eigenvalue weighted by molar-refractivity contribution is 0.368. The summed E-state index contributed by atoms with van der Waals surface area (Å²) >= 11 is 0. The normalized spacial score (nSPS) is 11.6. The fourth-order valence-corrected chi connectivity index (χ4v) is 1.82. The first-order valence-corrected chi connectivity index (χ1v) is 6.43. The van der Waals surface area contributed by atoms with Crippen molar-refractivity contribution in [2.24, 2.45) is 10.2 Å². The molecule has 140 valence electrons. The minimum absolute atomic E-state index is 1.23. The van der Waals surface area contributed by atoms with Crippen molar-refractivity contribution < 1.29 is 43.9 Å². The van der Waals surface area contributed by atoms with Crippen LogP contribution < -0.4 is 0 Å². The Balaban J connectivity index is 2.28. The summed E-state index contributed by atoms with van der Waals surface area (Å²) in [6.07, 6.45) is 0. The minimum atomic E-state index is -2.40. The maximum Gasteiger partial charge on any atom is 0.200 e. The van der Waals surface area contributed by atoms with Crippen molar-refractivity contribution in [3.8, 4) is 0 Å². The summed E-state index contributed by atoms with van der Waals surface area (Å²) in [4.78, 5) is 0. The predicted octanol–water partition coefficient (Wildman–Crippen LogP) is 5.23. The Morgan fingerprint density at radius 3 is 0.769 bits per heavy atom. The van der Waals surface area contributed by atoms with Crippen molar-refractivity contribution in [2.75, 3.05) is 0 Å². The lowest BCUT2D eigenvalue weighted by Gasteiger charge is -2.06. The SMILES string of the molecule is Fc1c(F)c(F)c(CN=NCc2c(F)c(F)c(F)c(F)c2F)c(F)c1F. The molecule has 0 spiro atoms. The van der Waals surface area contributed by atoms with Crippen molar-refractivity contribution in [3.05, 3.63) is 69.3 Å². The molecule has 0 N–H and O–H groups in total. The van der Waals surface area contributed by atoms with Gasteiger partial charge >= 0.3 is 0 Å². The number of nitrogens with zero attached hydrogens (tertiary/aromatic N) is 2. The molecule has 2 rings (SSSR count). The highest BCUT2D eigenvalue weighted by molar-refractivity contribution is 5.25. The summed E-state index contributed by atoms with van der Waals surface area (Å²) in [6, 6.07) is 0. The molecule has 0 aromatic heterocycles. The molecule has 2 aromatic carbocycles. The summed E-state index contributed by atoms with van der Waals surface area (Å²) in [5.41, 5.74) is -2.77. The third-order valence-corrected chi connectivity index (χ3v) is 3.16. The fourth-order valence-electron chi connectivity index (χ4n) is 1.82. The molecule has 0 aliphatic rings. The van der Waals surface area contributed by atoms with E-state index in [1.807, 2.05) is 0 Å². The molecular weight excluding hydrogens is 386 g/mol. The van der Waals surface area contributed by atoms with Crippen LogP contribution in [0.25, 0.3) is 0 Å². The van der Waals surface area contributed by atoms with Gasteiger partial charge in [0.25, 0.3) is 0 Å². The van der Waals surface area contributed by atoms with E-state index in [2.05, 4.69) is 10.2 Å². The van der Waals surface area contributed by atoms with E-state index in [1.165, 1.54) is 0 Å². The second kappa shape index (κ2) is 7.30. The number of rotatable bonds is 4. The van der Waals surface area contributed by atoms with Gasteiger partial charge in [-0.2, -0.15) is 10.2 Å². The van der Waals surface area contributed by atoms with Gasteiger partial charge < -0.3 is 0 Å². The van der Waals surface area contributed by atoms with Gasteiger partial charge in [0.1, 0.15) is 0 Å². The number of azo groups is 1. The van der Waals surface area contributed by atoms with Gasteiger partial charge in [0.2, 0.25) is 11.6 Å². The van der Waals surface area contributed by atoms with Crippen LogP contribution in [0.1, 0.15) is 11.1 Å². The van der Waals surface area contributed by atoms with E-state index >= 15 is 0 Å². The van der Waals surface area contributed by atoms with E-state index < -0.39 is 82.4 Å². The summed E-state index contributed by atoms with van der Waals surface area (Å²) in [7, 11) is 0. The number of benzene rings is 2. The standard InChI is InChI=1S/C14H4F10N2/c15-5-3(6(16)10(20)13(23)9(5)19)1-25-26-2-4-7(17)11(21)14(24)12(22)8(4)18/h1-2H2. The molecule has 0 saturated heterocycles. The molecule has 0 fully saturated rings. The van der Waals surface area contributed by atoms with Gasteiger partial charge in [-0.15, -0.1) is 0 Å². The van der Waals surface area contributed by atoms with E-state index in [4.69, 9.17) is 0 Å². The highest BCUT2D eigenvalue weighted by Crippen LogP contribution is 2.25. The minimum Gasteiger partial charge on any atom is -0.203 e. The Bertz CT molecular complexity index is 778. The molecule has 0 atom stereocenters. The van der Waals surface area contributed by atoms with Crippen molar-refractivity contribution >= 4 is 0 Å². The Morgan fingerprint density at radius 1 is 0.346 bits per heavy atom. The number of hydrogen-bond donors (Lipinski definition) is 0. The quantitative estimate of drug-likeness (QED) is 0.296. The third kappa shape index (κ3) is 3.22. The summed E-state index contributed by atoms with van der Waals surface area (Å²) in [5, 5.41) is 5.90. The Hall–Kier alpha value is -2.66. The molecule has 2 nitrogen and oxygen atoms in total. The Morgan fingerprint density at radius 2 is 0.538 bits per heavy atom. The van der Waals surface area contributed by atoms with Crippen LogP contribution in [0.2, 0.25) is 0 Å². The van der Waals surface area contributed by atoms with Gasteiger partial charge in [-0.1, -0.05) is 0 Å². The largest absolute Gasteiger partial charge is 0.203 e. The van der Waals surface area contributed by atoms with Crippen LogP contribution >= 0.6 is 0 Å². The molecule has 0 radical (unpaired) electrons. The van der Waals surface area contributed by atoms with Crippen molar-refractivity contribution in [1.82, 2.24) is 0 Å². The smallest absolute Gasteiger partial charge is 0.200 e. The summed E-state index contributed by atoms with van der Waals surface area (Å²) in [5.74, 6) is -22.6. The fraction of sp³-hybridized carbons (Fsp3) is 0.143. The summed E-state index contributed by atoms with van der Waals surface area (Å²) < 4.78 is 131. The van der Waals surface area contributed by atoms with Gasteiger partial charge in [0, 0.05) is 0 Å². The maximum absolute atomic E-state index is 13.3. The monoisotopic (exact) mass is 390 g/mol. The van der Waals surface area contributed by atoms with Crippen molar-refractivity contribution in [3.63, 3.8) is 0 Å². The molecule has 2 aromatic rings. The number of halogens is 10. The first kappa shape index (κ1) is 19.7. The van der Waals surface area contributed by atoms with Crippen LogP contribution in [0.4, 0.5) is 43.9 Å². The maximum atomic E-state index is 13.3. The Labute approximate surface area is 137 Å². The van der Waals surface area contributed by atoms with E-state index in [9.17, 15) is 43.9 Å². The molecule has 0 heterocycles. The summed E-state index contributed by atoms with van der Waals surface area (Å²) in [6.45, 7) is -2.47.